The summed E-state index contributed by atoms with van der Waals surface area (Å²) in [5, 5.41) is 14.0. The van der Waals surface area contributed by atoms with E-state index in [2.05, 4.69) is 10.6 Å². The number of nitrogens with one attached hydrogen (secondary N) is 2. The molecule has 110 valence electrons. The second kappa shape index (κ2) is 8.04. The standard InChI is InChI=1S/C14H20N2O4/c1-3-20-12-6-4-11(5-7-12)16-14(19)15-9-8-10(2)13(17)18/h4-7,10H,3,8-9H2,1-2H3,(H,17,18)(H2,15,16,19). The molecule has 2 amide bonds. The molecule has 0 aliphatic rings. The summed E-state index contributed by atoms with van der Waals surface area (Å²) in [6.07, 6.45) is 0.395. The third-order valence-electron chi connectivity index (χ3n) is 2.71. The number of carbonyl (C=O) groups excluding carboxylic acids is 1. The van der Waals surface area contributed by atoms with Crippen molar-refractivity contribution in [2.45, 2.75) is 20.3 Å². The van der Waals surface area contributed by atoms with Crippen LogP contribution in [0.4, 0.5) is 10.5 Å². The van der Waals surface area contributed by atoms with Crippen LogP contribution in [0.1, 0.15) is 20.3 Å². The Kier molecular flexibility index (Phi) is 6.36. The first-order valence-electron chi connectivity index (χ1n) is 6.53. The number of carboxylic acid groups (broad SMARTS) is 1. The molecule has 0 aliphatic heterocycles. The van der Waals surface area contributed by atoms with Crippen molar-refractivity contribution in [2.75, 3.05) is 18.5 Å². The predicted octanol–water partition coefficient (Wildman–Crippen LogP) is 2.32. The molecule has 0 aromatic heterocycles. The van der Waals surface area contributed by atoms with Crippen LogP contribution >= 0.6 is 0 Å². The first-order valence-corrected chi connectivity index (χ1v) is 6.53. The smallest absolute Gasteiger partial charge is 0.319 e. The third kappa shape index (κ3) is 5.60. The van der Waals surface area contributed by atoms with E-state index in [-0.39, 0.29) is 6.03 Å². The van der Waals surface area contributed by atoms with Gasteiger partial charge in [-0.05, 0) is 37.6 Å². The van der Waals surface area contributed by atoms with Gasteiger partial charge in [-0.25, -0.2) is 4.79 Å². The highest BCUT2D eigenvalue weighted by Crippen LogP contribution is 2.15. The molecule has 0 spiro atoms. The average Bonchev–Trinajstić information content (AvgIpc) is 2.41. The van der Waals surface area contributed by atoms with Crippen LogP contribution in [0.2, 0.25) is 0 Å². The quantitative estimate of drug-likeness (QED) is 0.715. The van der Waals surface area contributed by atoms with Crippen LogP contribution in [0.3, 0.4) is 0 Å². The van der Waals surface area contributed by atoms with Crippen LogP contribution in [0.5, 0.6) is 5.75 Å². The van der Waals surface area contributed by atoms with E-state index in [4.69, 9.17) is 9.84 Å². The Bertz CT molecular complexity index is 445. The Labute approximate surface area is 118 Å². The Balaban J connectivity index is 2.33. The largest absolute Gasteiger partial charge is 0.494 e. The molecule has 0 aliphatic carbocycles. The van der Waals surface area contributed by atoms with Crippen molar-refractivity contribution in [2.24, 2.45) is 5.92 Å². The highest BCUT2D eigenvalue weighted by molar-refractivity contribution is 5.89. The van der Waals surface area contributed by atoms with Crippen LogP contribution in [-0.4, -0.2) is 30.3 Å². The van der Waals surface area contributed by atoms with E-state index in [9.17, 15) is 9.59 Å². The lowest BCUT2D eigenvalue weighted by Crippen LogP contribution is -2.31. The summed E-state index contributed by atoms with van der Waals surface area (Å²) in [4.78, 5) is 22.2. The first kappa shape index (κ1) is 15.8. The van der Waals surface area contributed by atoms with E-state index in [0.717, 1.165) is 5.75 Å². The lowest BCUT2D eigenvalue weighted by Gasteiger charge is -2.10. The molecule has 6 heteroatoms. The monoisotopic (exact) mass is 280 g/mol. The van der Waals surface area contributed by atoms with Gasteiger partial charge in [-0.1, -0.05) is 6.92 Å². The van der Waals surface area contributed by atoms with Crippen molar-refractivity contribution >= 4 is 17.7 Å². The maximum Gasteiger partial charge on any atom is 0.319 e. The summed E-state index contributed by atoms with van der Waals surface area (Å²) in [6.45, 7) is 4.41. The highest BCUT2D eigenvalue weighted by Gasteiger charge is 2.10. The molecule has 3 N–H and O–H groups in total. The molecule has 20 heavy (non-hydrogen) atoms. The Morgan fingerprint density at radius 2 is 1.95 bits per heavy atom. The van der Waals surface area contributed by atoms with Gasteiger partial charge in [0.05, 0.1) is 12.5 Å². The molecule has 0 fully saturated rings. The SMILES string of the molecule is CCOc1ccc(NC(=O)NCCC(C)C(=O)O)cc1. The number of hydrogen-bond acceptors (Lipinski definition) is 3. The number of rotatable bonds is 7. The van der Waals surface area contributed by atoms with Gasteiger partial charge in [0.1, 0.15) is 5.75 Å². The summed E-state index contributed by atoms with van der Waals surface area (Å²) in [7, 11) is 0. The minimum atomic E-state index is -0.862. The molecule has 0 heterocycles. The molecule has 1 unspecified atom stereocenters. The normalized spacial score (nSPS) is 11.5. The van der Waals surface area contributed by atoms with Gasteiger partial charge in [-0.2, -0.15) is 0 Å². The number of anilines is 1. The Morgan fingerprint density at radius 3 is 2.50 bits per heavy atom. The third-order valence-corrected chi connectivity index (χ3v) is 2.71. The van der Waals surface area contributed by atoms with Gasteiger partial charge in [-0.15, -0.1) is 0 Å². The molecule has 1 rings (SSSR count). The Morgan fingerprint density at radius 1 is 1.30 bits per heavy atom. The predicted molar refractivity (Wildman–Crippen MR) is 76.0 cm³/mol. The second-order valence-electron chi connectivity index (χ2n) is 4.37. The van der Waals surface area contributed by atoms with E-state index in [1.54, 1.807) is 31.2 Å². The van der Waals surface area contributed by atoms with Gasteiger partial charge in [0, 0.05) is 12.2 Å². The minimum Gasteiger partial charge on any atom is -0.494 e. The molecule has 0 saturated heterocycles. The number of aliphatic carboxylic acids is 1. The van der Waals surface area contributed by atoms with E-state index in [1.807, 2.05) is 6.92 Å². The molecular weight excluding hydrogens is 260 g/mol. The van der Waals surface area contributed by atoms with Crippen molar-refractivity contribution in [1.82, 2.24) is 5.32 Å². The van der Waals surface area contributed by atoms with E-state index >= 15 is 0 Å². The van der Waals surface area contributed by atoms with Crippen LogP contribution in [0.15, 0.2) is 24.3 Å². The maximum absolute atomic E-state index is 11.6. The second-order valence-corrected chi connectivity index (χ2v) is 4.37. The molecule has 1 atom stereocenters. The highest BCUT2D eigenvalue weighted by atomic mass is 16.5. The molecule has 6 nitrogen and oxygen atoms in total. The number of hydrogen-bond donors (Lipinski definition) is 3. The maximum atomic E-state index is 11.6. The number of amides is 2. The fourth-order valence-corrected chi connectivity index (χ4v) is 1.50. The fourth-order valence-electron chi connectivity index (χ4n) is 1.50. The van der Waals surface area contributed by atoms with Crippen LogP contribution in [-0.2, 0) is 4.79 Å². The van der Waals surface area contributed by atoms with Gasteiger partial charge in [-0.3, -0.25) is 4.79 Å². The summed E-state index contributed by atoms with van der Waals surface area (Å²) in [5.74, 6) is -0.590. The summed E-state index contributed by atoms with van der Waals surface area (Å²) in [5.41, 5.74) is 0.650. The molecule has 0 bridgehead atoms. The van der Waals surface area contributed by atoms with Gasteiger partial charge >= 0.3 is 12.0 Å². The van der Waals surface area contributed by atoms with Crippen molar-refractivity contribution in [3.8, 4) is 5.75 Å². The van der Waals surface area contributed by atoms with E-state index < -0.39 is 11.9 Å². The van der Waals surface area contributed by atoms with Gasteiger partial charge in [0.2, 0.25) is 0 Å². The Hall–Kier alpha value is -2.24. The van der Waals surface area contributed by atoms with Crippen LogP contribution in [0.25, 0.3) is 0 Å². The number of urea groups is 1. The minimum absolute atomic E-state index is 0.316. The van der Waals surface area contributed by atoms with Crippen LogP contribution < -0.4 is 15.4 Å². The average molecular weight is 280 g/mol. The van der Waals surface area contributed by atoms with E-state index in [1.165, 1.54) is 0 Å². The molecule has 0 radical (unpaired) electrons. The number of ether oxygens (including phenoxy) is 1. The molecule has 0 saturated carbocycles. The van der Waals surface area contributed by atoms with E-state index in [0.29, 0.717) is 25.3 Å². The zero-order chi connectivity index (χ0) is 15.0. The molecule has 1 aromatic carbocycles. The van der Waals surface area contributed by atoms with Crippen molar-refractivity contribution in [3.63, 3.8) is 0 Å². The summed E-state index contributed by atoms with van der Waals surface area (Å²) < 4.78 is 5.30. The van der Waals surface area contributed by atoms with Crippen molar-refractivity contribution < 1.29 is 19.4 Å². The number of benzene rings is 1. The molecular formula is C14H20N2O4. The van der Waals surface area contributed by atoms with Gasteiger partial charge < -0.3 is 20.5 Å². The number of carbonyl (C=O) groups is 2. The van der Waals surface area contributed by atoms with Gasteiger partial charge in [0.15, 0.2) is 0 Å². The number of carboxylic acids is 1. The molecule has 1 aromatic rings. The lowest BCUT2D eigenvalue weighted by molar-refractivity contribution is -0.141. The first-order chi connectivity index (χ1) is 9.52. The van der Waals surface area contributed by atoms with Crippen molar-refractivity contribution in [1.29, 1.82) is 0 Å². The lowest BCUT2D eigenvalue weighted by atomic mass is 10.1. The fraction of sp³-hybridized carbons (Fsp3) is 0.429. The van der Waals surface area contributed by atoms with Gasteiger partial charge in [0.25, 0.3) is 0 Å². The topological polar surface area (TPSA) is 87.7 Å². The summed E-state index contributed by atoms with van der Waals surface area (Å²) in [6, 6.07) is 6.67. The summed E-state index contributed by atoms with van der Waals surface area (Å²) >= 11 is 0. The van der Waals surface area contributed by atoms with Crippen molar-refractivity contribution in [3.05, 3.63) is 24.3 Å². The zero-order valence-corrected chi connectivity index (χ0v) is 11.7. The zero-order valence-electron chi connectivity index (χ0n) is 11.7. The van der Waals surface area contributed by atoms with Crippen LogP contribution in [0, 0.1) is 5.92 Å².